The minimum Gasteiger partial charge on any atom is -0.480 e. The van der Waals surface area contributed by atoms with Crippen molar-refractivity contribution in [1.29, 1.82) is 0 Å². The lowest BCUT2D eigenvalue weighted by molar-refractivity contribution is -0.144. The summed E-state index contributed by atoms with van der Waals surface area (Å²) in [6, 6.07) is 7.07. The van der Waals surface area contributed by atoms with Gasteiger partial charge in [0.15, 0.2) is 11.5 Å². The average Bonchev–Trinajstić information content (AvgIpc) is 3.27. The summed E-state index contributed by atoms with van der Waals surface area (Å²) >= 11 is 0. The normalized spacial score (nSPS) is 19.0. The van der Waals surface area contributed by atoms with E-state index in [1.807, 2.05) is 23.1 Å². The number of furan rings is 1. The maximum atomic E-state index is 11.7. The highest BCUT2D eigenvalue weighted by Gasteiger charge is 2.31. The Hall–Kier alpha value is -2.51. The zero-order valence-electron chi connectivity index (χ0n) is 13.8. The molecule has 1 N–H and O–H groups in total. The molecule has 3 heterocycles. The average molecular weight is 344 g/mol. The monoisotopic (exact) mass is 344 g/mol. The molecule has 0 spiro atoms. The largest absolute Gasteiger partial charge is 0.480 e. The Balaban J connectivity index is 1.37. The maximum Gasteiger partial charge on any atom is 0.325 e. The topological polar surface area (TPSA) is 75.4 Å². The molecular formula is C18H20N2O5. The van der Waals surface area contributed by atoms with E-state index in [1.165, 1.54) is 18.1 Å². The fraction of sp³-hybridized carbons (Fsp3) is 0.389. The van der Waals surface area contributed by atoms with Crippen molar-refractivity contribution in [3.63, 3.8) is 0 Å². The Morgan fingerprint density at radius 2 is 1.92 bits per heavy atom. The number of nitrogens with zero attached hydrogens (tertiary/aromatic N) is 2. The lowest BCUT2D eigenvalue weighted by Crippen LogP contribution is -2.48. The van der Waals surface area contributed by atoms with Crippen LogP contribution in [0.25, 0.3) is 0 Å². The van der Waals surface area contributed by atoms with Crippen LogP contribution in [0.5, 0.6) is 11.5 Å². The number of piperazine rings is 1. The van der Waals surface area contributed by atoms with Gasteiger partial charge in [-0.05, 0) is 23.8 Å². The summed E-state index contributed by atoms with van der Waals surface area (Å²) in [4.78, 5) is 16.0. The van der Waals surface area contributed by atoms with Crippen LogP contribution in [0.1, 0.15) is 17.2 Å². The summed E-state index contributed by atoms with van der Waals surface area (Å²) < 4.78 is 15.8. The number of hydrogen-bond donors (Lipinski definition) is 1. The molecule has 132 valence electrons. The van der Waals surface area contributed by atoms with Gasteiger partial charge in [-0.3, -0.25) is 14.6 Å². The molecule has 0 aliphatic carbocycles. The van der Waals surface area contributed by atoms with E-state index >= 15 is 0 Å². The fourth-order valence-corrected chi connectivity index (χ4v) is 3.42. The maximum absolute atomic E-state index is 11.7. The zero-order valence-corrected chi connectivity index (χ0v) is 13.8. The number of carbonyl (C=O) groups is 1. The second-order valence-corrected chi connectivity index (χ2v) is 6.30. The molecule has 7 heteroatoms. The van der Waals surface area contributed by atoms with Gasteiger partial charge in [0.05, 0.1) is 12.5 Å². The number of carboxylic acids is 1. The molecule has 1 saturated heterocycles. The van der Waals surface area contributed by atoms with Crippen LogP contribution >= 0.6 is 0 Å². The van der Waals surface area contributed by atoms with E-state index in [2.05, 4.69) is 4.90 Å². The predicted molar refractivity (Wildman–Crippen MR) is 88.5 cm³/mol. The van der Waals surface area contributed by atoms with Gasteiger partial charge in [-0.1, -0.05) is 6.07 Å². The first kappa shape index (κ1) is 16.0. The third-order valence-electron chi connectivity index (χ3n) is 4.71. The Morgan fingerprint density at radius 1 is 1.12 bits per heavy atom. The highest BCUT2D eigenvalue weighted by atomic mass is 16.7. The number of hydrogen-bond acceptors (Lipinski definition) is 6. The standard InChI is InChI=1S/C18H20N2O5/c21-18(22)17(14-3-8-23-11-14)20-6-4-19(5-7-20)10-13-1-2-15-16(9-13)25-12-24-15/h1-3,8-9,11,17H,4-7,10,12H2,(H,21,22)/t17-/m1/s1. The van der Waals surface area contributed by atoms with Crippen LogP contribution in [0.3, 0.4) is 0 Å². The number of benzene rings is 1. The molecule has 4 rings (SSSR count). The van der Waals surface area contributed by atoms with Gasteiger partial charge in [-0.25, -0.2) is 0 Å². The minimum atomic E-state index is -0.842. The van der Waals surface area contributed by atoms with E-state index in [-0.39, 0.29) is 6.79 Å². The molecule has 25 heavy (non-hydrogen) atoms. The number of carboxylic acid groups (broad SMARTS) is 1. The van der Waals surface area contributed by atoms with Crippen LogP contribution in [0.4, 0.5) is 0 Å². The van der Waals surface area contributed by atoms with Crippen LogP contribution < -0.4 is 9.47 Å². The quantitative estimate of drug-likeness (QED) is 0.888. The summed E-state index contributed by atoms with van der Waals surface area (Å²) in [5.41, 5.74) is 1.86. The summed E-state index contributed by atoms with van der Waals surface area (Å²) in [6.45, 7) is 4.13. The molecule has 1 aromatic heterocycles. The summed E-state index contributed by atoms with van der Waals surface area (Å²) in [6.07, 6.45) is 3.03. The van der Waals surface area contributed by atoms with Gasteiger partial charge in [0.25, 0.3) is 0 Å². The van der Waals surface area contributed by atoms with Crippen molar-refractivity contribution in [2.75, 3.05) is 33.0 Å². The minimum absolute atomic E-state index is 0.280. The molecule has 2 aliphatic rings. The van der Waals surface area contributed by atoms with Crippen LogP contribution in [0, 0.1) is 0 Å². The Morgan fingerprint density at radius 3 is 2.64 bits per heavy atom. The van der Waals surface area contributed by atoms with Gasteiger partial charge in [0.2, 0.25) is 6.79 Å². The molecule has 1 aromatic carbocycles. The first-order chi connectivity index (χ1) is 12.2. The third kappa shape index (κ3) is 3.33. The smallest absolute Gasteiger partial charge is 0.325 e. The Labute approximate surface area is 145 Å². The molecule has 1 atom stereocenters. The number of ether oxygens (including phenoxy) is 2. The molecule has 0 radical (unpaired) electrons. The van der Waals surface area contributed by atoms with Crippen molar-refractivity contribution in [2.45, 2.75) is 12.6 Å². The Kier molecular flexibility index (Phi) is 4.33. The third-order valence-corrected chi connectivity index (χ3v) is 4.71. The van der Waals surface area contributed by atoms with Gasteiger partial charge in [0, 0.05) is 38.3 Å². The SMILES string of the molecule is O=C(O)[C@@H](c1ccoc1)N1CCN(Cc2ccc3c(c2)OCO3)CC1. The second kappa shape index (κ2) is 6.78. The Bertz CT molecular complexity index is 738. The predicted octanol–water partition coefficient (Wildman–Crippen LogP) is 1.95. The van der Waals surface area contributed by atoms with Gasteiger partial charge in [-0.2, -0.15) is 0 Å². The lowest BCUT2D eigenvalue weighted by atomic mass is 10.1. The highest BCUT2D eigenvalue weighted by molar-refractivity contribution is 5.75. The number of fused-ring (bicyclic) bond motifs is 1. The molecule has 7 nitrogen and oxygen atoms in total. The summed E-state index contributed by atoms with van der Waals surface area (Å²) in [7, 11) is 0. The summed E-state index contributed by atoms with van der Waals surface area (Å²) in [5, 5.41) is 9.57. The van der Waals surface area contributed by atoms with E-state index in [0.29, 0.717) is 18.7 Å². The van der Waals surface area contributed by atoms with Gasteiger partial charge < -0.3 is 19.0 Å². The first-order valence-electron chi connectivity index (χ1n) is 8.30. The molecule has 0 bridgehead atoms. The van der Waals surface area contributed by atoms with E-state index < -0.39 is 12.0 Å². The summed E-state index contributed by atoms with van der Waals surface area (Å²) in [5.74, 6) is 0.741. The van der Waals surface area contributed by atoms with Crippen molar-refractivity contribution >= 4 is 5.97 Å². The van der Waals surface area contributed by atoms with Crippen molar-refractivity contribution in [1.82, 2.24) is 9.80 Å². The second-order valence-electron chi connectivity index (χ2n) is 6.30. The molecule has 2 aromatic rings. The number of rotatable bonds is 5. The molecule has 2 aliphatic heterocycles. The first-order valence-corrected chi connectivity index (χ1v) is 8.30. The van der Waals surface area contributed by atoms with Crippen LogP contribution in [0.2, 0.25) is 0 Å². The van der Waals surface area contributed by atoms with Crippen LogP contribution in [-0.2, 0) is 11.3 Å². The van der Waals surface area contributed by atoms with Gasteiger partial charge in [0.1, 0.15) is 6.04 Å². The van der Waals surface area contributed by atoms with Crippen molar-refractivity contribution in [3.05, 3.63) is 47.9 Å². The van der Waals surface area contributed by atoms with E-state index in [9.17, 15) is 9.90 Å². The van der Waals surface area contributed by atoms with Gasteiger partial charge in [-0.15, -0.1) is 0 Å². The molecular weight excluding hydrogens is 324 g/mol. The van der Waals surface area contributed by atoms with E-state index in [0.717, 1.165) is 31.1 Å². The molecule has 0 saturated carbocycles. The van der Waals surface area contributed by atoms with Crippen molar-refractivity contribution in [3.8, 4) is 11.5 Å². The molecule has 1 fully saturated rings. The molecule has 0 unspecified atom stereocenters. The van der Waals surface area contributed by atoms with Crippen LogP contribution in [-0.4, -0.2) is 53.8 Å². The van der Waals surface area contributed by atoms with Crippen molar-refractivity contribution < 1.29 is 23.8 Å². The lowest BCUT2D eigenvalue weighted by Gasteiger charge is -2.37. The van der Waals surface area contributed by atoms with Gasteiger partial charge >= 0.3 is 5.97 Å². The van der Waals surface area contributed by atoms with Crippen LogP contribution in [0.15, 0.2) is 41.2 Å². The zero-order chi connectivity index (χ0) is 17.2. The molecule has 0 amide bonds. The fourth-order valence-electron chi connectivity index (χ4n) is 3.42. The highest BCUT2D eigenvalue weighted by Crippen LogP contribution is 2.33. The van der Waals surface area contributed by atoms with E-state index in [4.69, 9.17) is 13.9 Å². The number of aliphatic carboxylic acids is 1. The van der Waals surface area contributed by atoms with E-state index in [1.54, 1.807) is 6.07 Å². The van der Waals surface area contributed by atoms with Crippen molar-refractivity contribution in [2.24, 2.45) is 0 Å².